The van der Waals surface area contributed by atoms with Crippen LogP contribution in [0.5, 0.6) is 11.5 Å². The summed E-state index contributed by atoms with van der Waals surface area (Å²) < 4.78 is 54.4. The molecule has 0 spiro atoms. The summed E-state index contributed by atoms with van der Waals surface area (Å²) in [5, 5.41) is 3.84. The minimum Gasteiger partial charge on any atom is -0.493 e. The highest BCUT2D eigenvalue weighted by atomic mass is 19.4. The van der Waals surface area contributed by atoms with Gasteiger partial charge in [-0.2, -0.15) is 18.3 Å². The van der Waals surface area contributed by atoms with E-state index in [1.54, 1.807) is 12.1 Å². The lowest BCUT2D eigenvalue weighted by atomic mass is 10.2. The normalized spacial score (nSPS) is 11.4. The van der Waals surface area contributed by atoms with Crippen LogP contribution in [-0.2, 0) is 6.18 Å². The van der Waals surface area contributed by atoms with Gasteiger partial charge in [0.1, 0.15) is 0 Å². The molecule has 0 saturated carbocycles. The van der Waals surface area contributed by atoms with Crippen molar-refractivity contribution < 1.29 is 31.9 Å². The van der Waals surface area contributed by atoms with Gasteiger partial charge in [-0.25, -0.2) is 4.79 Å². The summed E-state index contributed by atoms with van der Waals surface area (Å²) in [5.74, 6) is -0.267. The lowest BCUT2D eigenvalue weighted by molar-refractivity contribution is -0.136. The molecule has 0 bridgehead atoms. The predicted octanol–water partition coefficient (Wildman–Crippen LogP) is 4.97. The molecule has 9 heteroatoms. The maximum Gasteiger partial charge on any atom is 0.418 e. The van der Waals surface area contributed by atoms with Crippen LogP contribution < -0.4 is 14.9 Å². The fourth-order valence-corrected chi connectivity index (χ4v) is 2.40. The number of nitrogens with zero attached hydrogens (tertiary/aromatic N) is 1. The van der Waals surface area contributed by atoms with Crippen LogP contribution in [0.4, 0.5) is 18.9 Å². The molecule has 2 aromatic carbocycles. The van der Waals surface area contributed by atoms with Crippen molar-refractivity contribution in [2.45, 2.75) is 6.18 Å². The van der Waals surface area contributed by atoms with Crippen LogP contribution in [0.2, 0.25) is 0 Å². The summed E-state index contributed by atoms with van der Waals surface area (Å²) in [6.07, 6.45) is -1.84. The van der Waals surface area contributed by atoms with Gasteiger partial charge in [-0.1, -0.05) is 12.1 Å². The molecular formula is C20H15F3N2O4. The Morgan fingerprint density at radius 1 is 1.10 bits per heavy atom. The molecule has 0 aliphatic heterocycles. The molecule has 0 unspecified atom stereocenters. The summed E-state index contributed by atoms with van der Waals surface area (Å²) in [7, 11) is 1.39. The van der Waals surface area contributed by atoms with Gasteiger partial charge in [-0.3, -0.25) is 5.43 Å². The van der Waals surface area contributed by atoms with Gasteiger partial charge in [0.05, 0.1) is 30.8 Å². The molecule has 0 fully saturated rings. The first-order valence-corrected chi connectivity index (χ1v) is 8.27. The first-order chi connectivity index (χ1) is 13.9. The van der Waals surface area contributed by atoms with Crippen LogP contribution in [0.15, 0.2) is 70.4 Å². The van der Waals surface area contributed by atoms with Crippen LogP contribution >= 0.6 is 0 Å². The number of esters is 1. The number of hydrazone groups is 1. The van der Waals surface area contributed by atoms with Gasteiger partial charge in [0, 0.05) is 0 Å². The third-order valence-corrected chi connectivity index (χ3v) is 3.74. The van der Waals surface area contributed by atoms with Gasteiger partial charge in [0.2, 0.25) is 5.76 Å². The zero-order valence-electron chi connectivity index (χ0n) is 15.1. The highest BCUT2D eigenvalue weighted by molar-refractivity contribution is 5.89. The van der Waals surface area contributed by atoms with Gasteiger partial charge in [0.15, 0.2) is 11.5 Å². The summed E-state index contributed by atoms with van der Waals surface area (Å²) in [6, 6.07) is 12.6. The molecule has 0 aliphatic carbocycles. The number of carbonyl (C=O) groups is 1. The van der Waals surface area contributed by atoms with Crippen molar-refractivity contribution in [2.24, 2.45) is 5.10 Å². The Morgan fingerprint density at radius 2 is 1.90 bits per heavy atom. The van der Waals surface area contributed by atoms with Crippen molar-refractivity contribution in [3.05, 3.63) is 77.7 Å². The Morgan fingerprint density at radius 3 is 2.59 bits per heavy atom. The lowest BCUT2D eigenvalue weighted by Gasteiger charge is -2.11. The standard InChI is InChI=1S/C20H15F3N2O4/c1-27-18-11-13(8-9-16(18)29-19(26)17-7-4-10-28-17)12-24-25-15-6-3-2-5-14(15)20(21,22)23/h2-12,25H,1H3. The summed E-state index contributed by atoms with van der Waals surface area (Å²) >= 11 is 0. The molecule has 29 heavy (non-hydrogen) atoms. The maximum atomic E-state index is 13.0. The van der Waals surface area contributed by atoms with Crippen LogP contribution in [0.1, 0.15) is 21.7 Å². The maximum absolute atomic E-state index is 13.0. The largest absolute Gasteiger partial charge is 0.493 e. The lowest BCUT2D eigenvalue weighted by Crippen LogP contribution is -2.08. The summed E-state index contributed by atoms with van der Waals surface area (Å²) in [5.41, 5.74) is 1.89. The van der Waals surface area contributed by atoms with Crippen LogP contribution in [-0.4, -0.2) is 19.3 Å². The van der Waals surface area contributed by atoms with Crippen molar-refractivity contribution in [2.75, 3.05) is 12.5 Å². The number of alkyl halides is 3. The highest BCUT2D eigenvalue weighted by Gasteiger charge is 2.33. The number of rotatable bonds is 6. The number of ether oxygens (including phenoxy) is 2. The zero-order valence-corrected chi connectivity index (χ0v) is 15.1. The SMILES string of the molecule is COc1cc(C=NNc2ccccc2C(F)(F)F)ccc1OC(=O)c1ccco1. The number of methoxy groups -OCH3 is 1. The van der Waals surface area contributed by atoms with Gasteiger partial charge >= 0.3 is 12.1 Å². The molecular weight excluding hydrogens is 389 g/mol. The number of anilines is 1. The molecule has 6 nitrogen and oxygen atoms in total. The fraction of sp³-hybridized carbons (Fsp3) is 0.100. The van der Waals surface area contributed by atoms with Crippen molar-refractivity contribution in [1.82, 2.24) is 0 Å². The molecule has 150 valence electrons. The Kier molecular flexibility index (Phi) is 5.87. The van der Waals surface area contributed by atoms with Gasteiger partial charge in [-0.05, 0) is 48.0 Å². The van der Waals surface area contributed by atoms with Crippen molar-refractivity contribution in [1.29, 1.82) is 0 Å². The molecule has 0 radical (unpaired) electrons. The number of hydrogen-bond acceptors (Lipinski definition) is 6. The molecule has 0 atom stereocenters. The third-order valence-electron chi connectivity index (χ3n) is 3.74. The van der Waals surface area contributed by atoms with Crippen molar-refractivity contribution in [3.63, 3.8) is 0 Å². The second-order valence-electron chi connectivity index (χ2n) is 5.69. The Balaban J connectivity index is 1.73. The summed E-state index contributed by atoms with van der Waals surface area (Å²) in [6.45, 7) is 0. The Bertz CT molecular complexity index is 1010. The van der Waals surface area contributed by atoms with E-state index in [2.05, 4.69) is 10.5 Å². The smallest absolute Gasteiger partial charge is 0.418 e. The van der Waals surface area contributed by atoms with E-state index in [0.29, 0.717) is 5.56 Å². The van der Waals surface area contributed by atoms with Crippen molar-refractivity contribution >= 4 is 17.9 Å². The first-order valence-electron chi connectivity index (χ1n) is 8.27. The van der Waals surface area contributed by atoms with E-state index in [4.69, 9.17) is 13.9 Å². The zero-order chi connectivity index (χ0) is 20.9. The second-order valence-corrected chi connectivity index (χ2v) is 5.69. The van der Waals surface area contributed by atoms with Gasteiger partial charge in [0.25, 0.3) is 0 Å². The number of furan rings is 1. The number of benzene rings is 2. The van der Waals surface area contributed by atoms with Crippen molar-refractivity contribution in [3.8, 4) is 11.5 Å². The van der Waals surface area contributed by atoms with E-state index < -0.39 is 17.7 Å². The first kappa shape index (κ1) is 20.0. The predicted molar refractivity (Wildman–Crippen MR) is 99.3 cm³/mol. The minimum absolute atomic E-state index is 0.0326. The summed E-state index contributed by atoms with van der Waals surface area (Å²) in [4.78, 5) is 12.0. The molecule has 1 heterocycles. The molecule has 3 aromatic rings. The topological polar surface area (TPSA) is 73.1 Å². The van der Waals surface area contributed by atoms with E-state index in [0.717, 1.165) is 6.07 Å². The minimum atomic E-state index is -4.50. The van der Waals surface area contributed by atoms with E-state index in [1.165, 1.54) is 56.0 Å². The van der Waals surface area contributed by atoms with E-state index >= 15 is 0 Å². The monoisotopic (exact) mass is 404 g/mol. The van der Waals surface area contributed by atoms with E-state index in [1.807, 2.05) is 0 Å². The van der Waals surface area contributed by atoms with Crippen LogP contribution in [0.3, 0.4) is 0 Å². The third kappa shape index (κ3) is 4.95. The molecule has 3 rings (SSSR count). The number of carbonyl (C=O) groups excluding carboxylic acids is 1. The van der Waals surface area contributed by atoms with Crippen LogP contribution in [0, 0.1) is 0 Å². The van der Waals surface area contributed by atoms with Gasteiger partial charge < -0.3 is 13.9 Å². The Hall–Kier alpha value is -3.75. The van der Waals surface area contributed by atoms with Crippen LogP contribution in [0.25, 0.3) is 0 Å². The Labute approximate surface area is 163 Å². The molecule has 0 amide bonds. The molecule has 0 saturated heterocycles. The second kappa shape index (κ2) is 8.51. The average molecular weight is 404 g/mol. The quantitative estimate of drug-likeness (QED) is 0.272. The van der Waals surface area contributed by atoms with Gasteiger partial charge in [-0.15, -0.1) is 0 Å². The van der Waals surface area contributed by atoms with E-state index in [9.17, 15) is 18.0 Å². The van der Waals surface area contributed by atoms with E-state index in [-0.39, 0.29) is 22.9 Å². The molecule has 1 N–H and O–H groups in total. The average Bonchev–Trinajstić information content (AvgIpc) is 3.23. The fourth-order valence-electron chi connectivity index (χ4n) is 2.40. The number of nitrogens with one attached hydrogen (secondary N) is 1. The molecule has 1 aromatic heterocycles. The number of para-hydroxylation sites is 1. The number of halogens is 3. The number of hydrogen-bond donors (Lipinski definition) is 1. The molecule has 0 aliphatic rings. The highest BCUT2D eigenvalue weighted by Crippen LogP contribution is 2.34.